The Morgan fingerprint density at radius 3 is 2.10 bits per heavy atom. The van der Waals surface area contributed by atoms with Gasteiger partial charge in [-0.25, -0.2) is 0 Å². The zero-order valence-corrected chi connectivity index (χ0v) is 11.8. The molecular weight excluding hydrogens is 254 g/mol. The first-order valence-electron chi connectivity index (χ1n) is 6.17. The van der Waals surface area contributed by atoms with Crippen molar-refractivity contribution in [2.45, 2.75) is 0 Å². The van der Waals surface area contributed by atoms with E-state index in [4.69, 9.17) is 14.2 Å². The van der Waals surface area contributed by atoms with Gasteiger partial charge < -0.3 is 14.2 Å². The number of ether oxygens (including phenoxy) is 3. The molecule has 1 heterocycles. The summed E-state index contributed by atoms with van der Waals surface area (Å²) in [5.74, 6) is 2.07. The van der Waals surface area contributed by atoms with Crippen LogP contribution in [0.25, 0.3) is 12.2 Å². The molecule has 0 aliphatic rings. The lowest BCUT2D eigenvalue weighted by atomic mass is 10.1. The fourth-order valence-corrected chi connectivity index (χ4v) is 1.84. The Hall–Kier alpha value is -2.49. The molecule has 4 nitrogen and oxygen atoms in total. The van der Waals surface area contributed by atoms with Crippen LogP contribution in [0.3, 0.4) is 0 Å². The molecule has 2 aromatic rings. The van der Waals surface area contributed by atoms with Gasteiger partial charge in [0.15, 0.2) is 0 Å². The number of hydrogen-bond acceptors (Lipinski definition) is 4. The molecule has 104 valence electrons. The molecule has 0 saturated heterocycles. The second-order valence-corrected chi connectivity index (χ2v) is 4.03. The van der Waals surface area contributed by atoms with E-state index in [0.717, 1.165) is 11.3 Å². The van der Waals surface area contributed by atoms with E-state index in [1.54, 1.807) is 27.5 Å². The van der Waals surface area contributed by atoms with Crippen molar-refractivity contribution in [2.75, 3.05) is 21.3 Å². The molecule has 0 bridgehead atoms. The average molecular weight is 271 g/mol. The molecule has 1 aromatic carbocycles. The predicted octanol–water partition coefficient (Wildman–Crippen LogP) is 3.28. The maximum Gasteiger partial charge on any atom is 0.133 e. The SMILES string of the molecule is COc1cc(OC)c(/C=C/c2ccccn2)c(OC)c1. The summed E-state index contributed by atoms with van der Waals surface area (Å²) in [5.41, 5.74) is 1.72. The molecule has 0 aliphatic carbocycles. The highest BCUT2D eigenvalue weighted by atomic mass is 16.5. The number of rotatable bonds is 5. The van der Waals surface area contributed by atoms with Gasteiger partial charge in [-0.3, -0.25) is 4.98 Å². The van der Waals surface area contributed by atoms with E-state index >= 15 is 0 Å². The van der Waals surface area contributed by atoms with Gasteiger partial charge in [-0.2, -0.15) is 0 Å². The summed E-state index contributed by atoms with van der Waals surface area (Å²) >= 11 is 0. The van der Waals surface area contributed by atoms with Crippen molar-refractivity contribution in [3.8, 4) is 17.2 Å². The van der Waals surface area contributed by atoms with Gasteiger partial charge >= 0.3 is 0 Å². The molecule has 0 spiro atoms. The lowest BCUT2D eigenvalue weighted by Crippen LogP contribution is -1.94. The summed E-state index contributed by atoms with van der Waals surface area (Å²) < 4.78 is 16.0. The highest BCUT2D eigenvalue weighted by Gasteiger charge is 2.10. The zero-order valence-electron chi connectivity index (χ0n) is 11.8. The van der Waals surface area contributed by atoms with Crippen LogP contribution in [0.4, 0.5) is 0 Å². The molecule has 0 fully saturated rings. The van der Waals surface area contributed by atoms with E-state index < -0.39 is 0 Å². The van der Waals surface area contributed by atoms with Gasteiger partial charge in [-0.1, -0.05) is 6.07 Å². The topological polar surface area (TPSA) is 40.6 Å². The Bertz CT molecular complexity index is 569. The first-order valence-corrected chi connectivity index (χ1v) is 6.17. The molecular formula is C16H17NO3. The minimum atomic E-state index is 0.688. The van der Waals surface area contributed by atoms with Crippen molar-refractivity contribution >= 4 is 12.2 Å². The van der Waals surface area contributed by atoms with Crippen LogP contribution >= 0.6 is 0 Å². The van der Waals surface area contributed by atoms with Crippen LogP contribution in [0.1, 0.15) is 11.3 Å². The quantitative estimate of drug-likeness (QED) is 0.836. The first-order chi connectivity index (χ1) is 9.78. The average Bonchev–Trinajstić information content (AvgIpc) is 2.52. The van der Waals surface area contributed by atoms with Crippen molar-refractivity contribution in [1.82, 2.24) is 4.98 Å². The first kappa shape index (κ1) is 13.9. The van der Waals surface area contributed by atoms with Crippen molar-refractivity contribution in [2.24, 2.45) is 0 Å². The lowest BCUT2D eigenvalue weighted by Gasteiger charge is -2.12. The van der Waals surface area contributed by atoms with Gasteiger partial charge in [0.25, 0.3) is 0 Å². The van der Waals surface area contributed by atoms with Crippen molar-refractivity contribution in [3.63, 3.8) is 0 Å². The van der Waals surface area contributed by atoms with Gasteiger partial charge in [0, 0.05) is 18.3 Å². The molecule has 0 radical (unpaired) electrons. The van der Waals surface area contributed by atoms with Crippen molar-refractivity contribution in [1.29, 1.82) is 0 Å². The van der Waals surface area contributed by atoms with Crippen LogP contribution in [0.5, 0.6) is 17.2 Å². The highest BCUT2D eigenvalue weighted by molar-refractivity contribution is 5.76. The second-order valence-electron chi connectivity index (χ2n) is 4.03. The van der Waals surface area contributed by atoms with Crippen LogP contribution in [-0.4, -0.2) is 26.3 Å². The summed E-state index contributed by atoms with van der Waals surface area (Å²) in [7, 11) is 4.84. The number of aromatic nitrogens is 1. The summed E-state index contributed by atoms with van der Waals surface area (Å²) in [6.07, 6.45) is 5.58. The molecule has 0 aliphatic heterocycles. The van der Waals surface area contributed by atoms with Gasteiger partial charge in [0.1, 0.15) is 17.2 Å². The molecule has 0 N–H and O–H groups in total. The number of methoxy groups -OCH3 is 3. The van der Waals surface area contributed by atoms with Crippen LogP contribution < -0.4 is 14.2 Å². The molecule has 0 unspecified atom stereocenters. The minimum Gasteiger partial charge on any atom is -0.496 e. The van der Waals surface area contributed by atoms with Crippen LogP contribution in [-0.2, 0) is 0 Å². The summed E-state index contributed by atoms with van der Waals surface area (Å²) in [6.45, 7) is 0. The Balaban J connectivity index is 2.42. The summed E-state index contributed by atoms with van der Waals surface area (Å²) in [4.78, 5) is 4.25. The largest absolute Gasteiger partial charge is 0.496 e. The third kappa shape index (κ3) is 3.09. The molecule has 2 rings (SSSR count). The zero-order chi connectivity index (χ0) is 14.4. The molecule has 0 amide bonds. The van der Waals surface area contributed by atoms with Gasteiger partial charge in [-0.05, 0) is 24.3 Å². The molecule has 1 aromatic heterocycles. The minimum absolute atomic E-state index is 0.688. The molecule has 0 atom stereocenters. The molecule has 20 heavy (non-hydrogen) atoms. The summed E-state index contributed by atoms with van der Waals surface area (Å²) in [6, 6.07) is 9.39. The van der Waals surface area contributed by atoms with Crippen molar-refractivity contribution in [3.05, 3.63) is 47.8 Å². The van der Waals surface area contributed by atoms with E-state index in [-0.39, 0.29) is 0 Å². The Morgan fingerprint density at radius 1 is 0.900 bits per heavy atom. The predicted molar refractivity (Wildman–Crippen MR) is 79.3 cm³/mol. The number of pyridine rings is 1. The highest BCUT2D eigenvalue weighted by Crippen LogP contribution is 2.35. The van der Waals surface area contributed by atoms with Crippen LogP contribution in [0.2, 0.25) is 0 Å². The Labute approximate surface area is 118 Å². The smallest absolute Gasteiger partial charge is 0.133 e. The Kier molecular flexibility index (Phi) is 4.60. The summed E-state index contributed by atoms with van der Waals surface area (Å²) in [5, 5.41) is 0. The number of benzene rings is 1. The molecule has 0 saturated carbocycles. The maximum absolute atomic E-state index is 5.39. The molecule has 4 heteroatoms. The van der Waals surface area contributed by atoms with Crippen LogP contribution in [0.15, 0.2) is 36.5 Å². The normalized spacial score (nSPS) is 10.6. The van der Waals surface area contributed by atoms with E-state index in [1.165, 1.54) is 0 Å². The van der Waals surface area contributed by atoms with Gasteiger partial charge in [0.05, 0.1) is 32.6 Å². The number of hydrogen-bond donors (Lipinski definition) is 0. The third-order valence-corrected chi connectivity index (χ3v) is 2.86. The van der Waals surface area contributed by atoms with E-state index in [2.05, 4.69) is 4.98 Å². The van der Waals surface area contributed by atoms with Crippen molar-refractivity contribution < 1.29 is 14.2 Å². The van der Waals surface area contributed by atoms with Gasteiger partial charge in [0.2, 0.25) is 0 Å². The number of nitrogens with zero attached hydrogens (tertiary/aromatic N) is 1. The lowest BCUT2D eigenvalue weighted by molar-refractivity contribution is 0.374. The van der Waals surface area contributed by atoms with E-state index in [1.807, 2.05) is 42.5 Å². The monoisotopic (exact) mass is 271 g/mol. The fourth-order valence-electron chi connectivity index (χ4n) is 1.84. The second kappa shape index (κ2) is 6.61. The van der Waals surface area contributed by atoms with E-state index in [0.29, 0.717) is 17.2 Å². The Morgan fingerprint density at radius 2 is 1.60 bits per heavy atom. The fraction of sp³-hybridized carbons (Fsp3) is 0.188. The van der Waals surface area contributed by atoms with E-state index in [9.17, 15) is 0 Å². The standard InChI is InChI=1S/C16H17NO3/c1-18-13-10-15(19-2)14(16(11-13)20-3)8-7-12-6-4-5-9-17-12/h4-11H,1-3H3/b8-7+. The van der Waals surface area contributed by atoms with Gasteiger partial charge in [-0.15, -0.1) is 0 Å². The maximum atomic E-state index is 5.39. The van der Waals surface area contributed by atoms with Crippen LogP contribution in [0, 0.1) is 0 Å². The third-order valence-electron chi connectivity index (χ3n) is 2.86.